The highest BCUT2D eigenvalue weighted by Gasteiger charge is 2.20. The Hall–Kier alpha value is -1.22. The summed E-state index contributed by atoms with van der Waals surface area (Å²) in [7, 11) is -2.09. The van der Waals surface area contributed by atoms with Crippen molar-refractivity contribution in [2.45, 2.75) is 11.3 Å². The molecule has 0 amide bonds. The quantitative estimate of drug-likeness (QED) is 0.447. The van der Waals surface area contributed by atoms with E-state index in [9.17, 15) is 18.5 Å². The van der Waals surface area contributed by atoms with Crippen LogP contribution in [0.2, 0.25) is 5.02 Å². The van der Waals surface area contributed by atoms with Crippen molar-refractivity contribution in [3.05, 3.63) is 33.3 Å². The van der Waals surface area contributed by atoms with Gasteiger partial charge >= 0.3 is 0 Å². The zero-order chi connectivity index (χ0) is 14.5. The number of halogens is 1. The fraction of sp³-hybridized carbons (Fsp3) is 0.400. The number of hydrogen-bond acceptors (Lipinski definition) is 5. The first-order chi connectivity index (χ1) is 8.88. The Morgan fingerprint density at radius 3 is 2.63 bits per heavy atom. The van der Waals surface area contributed by atoms with Crippen LogP contribution in [-0.4, -0.2) is 33.5 Å². The summed E-state index contributed by atoms with van der Waals surface area (Å²) in [6.07, 6.45) is 0.599. The summed E-state index contributed by atoms with van der Waals surface area (Å²) >= 11 is 5.77. The maximum absolute atomic E-state index is 12.0. The molecule has 0 saturated heterocycles. The Morgan fingerprint density at radius 2 is 2.05 bits per heavy atom. The lowest BCUT2D eigenvalue weighted by atomic mass is 10.3. The van der Waals surface area contributed by atoms with E-state index in [0.717, 1.165) is 12.1 Å². The van der Waals surface area contributed by atoms with E-state index in [-0.39, 0.29) is 22.2 Å². The van der Waals surface area contributed by atoms with Crippen LogP contribution in [0, 0.1) is 10.1 Å². The molecule has 0 aliphatic heterocycles. The lowest BCUT2D eigenvalue weighted by Gasteiger charge is -2.08. The van der Waals surface area contributed by atoms with Gasteiger partial charge in [0.05, 0.1) is 9.95 Å². The molecule has 2 N–H and O–H groups in total. The molecule has 0 spiro atoms. The number of nitro benzene ring substituents is 1. The van der Waals surface area contributed by atoms with Crippen molar-refractivity contribution in [2.24, 2.45) is 0 Å². The van der Waals surface area contributed by atoms with Crippen molar-refractivity contribution in [1.82, 2.24) is 10.0 Å². The van der Waals surface area contributed by atoms with Gasteiger partial charge in [-0.05, 0) is 26.1 Å². The van der Waals surface area contributed by atoms with Gasteiger partial charge in [-0.15, -0.1) is 0 Å². The molecule has 0 aliphatic carbocycles. The van der Waals surface area contributed by atoms with Crippen LogP contribution < -0.4 is 10.0 Å². The van der Waals surface area contributed by atoms with E-state index in [0.29, 0.717) is 13.0 Å². The average Bonchev–Trinajstić information content (AvgIpc) is 2.34. The van der Waals surface area contributed by atoms with Crippen molar-refractivity contribution in [3.8, 4) is 0 Å². The maximum Gasteiger partial charge on any atom is 0.270 e. The van der Waals surface area contributed by atoms with E-state index in [2.05, 4.69) is 10.0 Å². The number of non-ortho nitro benzene ring substituents is 1. The lowest BCUT2D eigenvalue weighted by molar-refractivity contribution is -0.385. The normalized spacial score (nSPS) is 11.5. The number of rotatable bonds is 7. The molecule has 1 aromatic rings. The fourth-order valence-corrected chi connectivity index (χ4v) is 2.95. The van der Waals surface area contributed by atoms with Crippen LogP contribution in [0.3, 0.4) is 0 Å². The molecule has 19 heavy (non-hydrogen) atoms. The molecule has 0 saturated carbocycles. The third-order valence-electron chi connectivity index (χ3n) is 2.31. The largest absolute Gasteiger partial charge is 0.320 e. The molecule has 9 heteroatoms. The van der Waals surface area contributed by atoms with Crippen LogP contribution in [0.25, 0.3) is 0 Å². The predicted octanol–water partition coefficient (Wildman–Crippen LogP) is 1.14. The summed E-state index contributed by atoms with van der Waals surface area (Å²) in [4.78, 5) is 9.67. The van der Waals surface area contributed by atoms with Gasteiger partial charge in [-0.1, -0.05) is 11.6 Å². The Labute approximate surface area is 116 Å². The summed E-state index contributed by atoms with van der Waals surface area (Å²) < 4.78 is 26.2. The molecule has 0 aliphatic rings. The van der Waals surface area contributed by atoms with Gasteiger partial charge in [0.25, 0.3) is 5.69 Å². The van der Waals surface area contributed by atoms with E-state index < -0.39 is 14.9 Å². The zero-order valence-electron chi connectivity index (χ0n) is 10.2. The molecule has 0 heterocycles. The molecule has 0 fully saturated rings. The minimum absolute atomic E-state index is 0.0493. The number of nitrogens with zero attached hydrogens (tertiary/aromatic N) is 1. The zero-order valence-corrected chi connectivity index (χ0v) is 11.8. The molecular weight excluding hydrogens is 294 g/mol. The van der Waals surface area contributed by atoms with Crippen LogP contribution in [0.5, 0.6) is 0 Å². The minimum atomic E-state index is -3.84. The summed E-state index contributed by atoms with van der Waals surface area (Å²) in [6, 6.07) is 3.30. The van der Waals surface area contributed by atoms with E-state index in [1.807, 2.05) is 0 Å². The Balaban J connectivity index is 2.94. The topological polar surface area (TPSA) is 101 Å². The number of sulfonamides is 1. The number of benzene rings is 1. The van der Waals surface area contributed by atoms with E-state index in [4.69, 9.17) is 11.6 Å². The van der Waals surface area contributed by atoms with Gasteiger partial charge < -0.3 is 5.32 Å². The first-order valence-corrected chi connectivity index (χ1v) is 7.33. The van der Waals surface area contributed by atoms with Crippen molar-refractivity contribution in [2.75, 3.05) is 20.1 Å². The number of nitrogens with one attached hydrogen (secondary N) is 2. The van der Waals surface area contributed by atoms with Gasteiger partial charge in [0.1, 0.15) is 4.90 Å². The predicted molar refractivity (Wildman–Crippen MR) is 71.8 cm³/mol. The molecule has 106 valence electrons. The number of nitro groups is 1. The highest BCUT2D eigenvalue weighted by Crippen LogP contribution is 2.25. The van der Waals surface area contributed by atoms with Crippen molar-refractivity contribution < 1.29 is 13.3 Å². The number of hydrogen-bond donors (Lipinski definition) is 2. The second kappa shape index (κ2) is 6.80. The van der Waals surface area contributed by atoms with Gasteiger partial charge in [-0.25, -0.2) is 13.1 Å². The van der Waals surface area contributed by atoms with Crippen LogP contribution in [-0.2, 0) is 10.0 Å². The molecule has 1 aromatic carbocycles. The molecule has 0 aromatic heterocycles. The Morgan fingerprint density at radius 1 is 1.37 bits per heavy atom. The molecular formula is C10H14ClN3O4S. The third kappa shape index (κ3) is 4.43. The van der Waals surface area contributed by atoms with Gasteiger partial charge in [0, 0.05) is 18.7 Å². The molecule has 1 rings (SSSR count). The second-order valence-electron chi connectivity index (χ2n) is 3.73. The Kier molecular flexibility index (Phi) is 5.67. The van der Waals surface area contributed by atoms with Crippen LogP contribution in [0.1, 0.15) is 6.42 Å². The first-order valence-electron chi connectivity index (χ1n) is 5.46. The van der Waals surface area contributed by atoms with Gasteiger partial charge in [0.2, 0.25) is 10.0 Å². The van der Waals surface area contributed by atoms with Crippen LogP contribution >= 0.6 is 11.6 Å². The monoisotopic (exact) mass is 307 g/mol. The molecule has 0 atom stereocenters. The summed E-state index contributed by atoms with van der Waals surface area (Å²) in [5, 5.41) is 13.5. The molecule has 0 radical (unpaired) electrons. The highest BCUT2D eigenvalue weighted by molar-refractivity contribution is 7.89. The van der Waals surface area contributed by atoms with Crippen molar-refractivity contribution in [1.29, 1.82) is 0 Å². The van der Waals surface area contributed by atoms with Crippen LogP contribution in [0.15, 0.2) is 23.1 Å². The van der Waals surface area contributed by atoms with Gasteiger partial charge in [-0.3, -0.25) is 10.1 Å². The Bertz CT molecular complexity index is 562. The molecule has 0 bridgehead atoms. The van der Waals surface area contributed by atoms with E-state index >= 15 is 0 Å². The van der Waals surface area contributed by atoms with Crippen molar-refractivity contribution in [3.63, 3.8) is 0 Å². The van der Waals surface area contributed by atoms with Gasteiger partial charge in [0.15, 0.2) is 0 Å². The van der Waals surface area contributed by atoms with E-state index in [1.54, 1.807) is 7.05 Å². The lowest BCUT2D eigenvalue weighted by Crippen LogP contribution is -2.27. The standard InChI is InChI=1S/C10H14ClN3O4S/c1-12-5-2-6-13-19(17,18)10-7-8(14(15)16)3-4-9(10)11/h3-4,7,12-13H,2,5-6H2,1H3. The average molecular weight is 308 g/mol. The first kappa shape index (κ1) is 15.8. The smallest absolute Gasteiger partial charge is 0.270 e. The van der Waals surface area contributed by atoms with Crippen molar-refractivity contribution >= 4 is 27.3 Å². The third-order valence-corrected chi connectivity index (χ3v) is 4.25. The second-order valence-corrected chi connectivity index (χ2v) is 5.87. The SMILES string of the molecule is CNCCCNS(=O)(=O)c1cc([N+](=O)[O-])ccc1Cl. The maximum atomic E-state index is 12.0. The van der Waals surface area contributed by atoms with Gasteiger partial charge in [-0.2, -0.15) is 0 Å². The minimum Gasteiger partial charge on any atom is -0.320 e. The summed E-state index contributed by atoms with van der Waals surface area (Å²) in [5.74, 6) is 0. The highest BCUT2D eigenvalue weighted by atomic mass is 35.5. The molecule has 7 nitrogen and oxygen atoms in total. The molecule has 0 unspecified atom stereocenters. The summed E-state index contributed by atoms with van der Waals surface area (Å²) in [5.41, 5.74) is -0.319. The summed E-state index contributed by atoms with van der Waals surface area (Å²) in [6.45, 7) is 0.882. The fourth-order valence-electron chi connectivity index (χ4n) is 1.36. The van der Waals surface area contributed by atoms with Crippen LogP contribution in [0.4, 0.5) is 5.69 Å². The van der Waals surface area contributed by atoms with E-state index in [1.165, 1.54) is 6.07 Å².